The molecule has 37 heavy (non-hydrogen) atoms. The van der Waals surface area contributed by atoms with Gasteiger partial charge in [-0.05, 0) is 38.0 Å². The molecule has 0 saturated carbocycles. The zero-order valence-corrected chi connectivity index (χ0v) is 20.8. The summed E-state index contributed by atoms with van der Waals surface area (Å²) in [6.45, 7) is 0.531. The van der Waals surface area contributed by atoms with E-state index in [2.05, 4.69) is 15.3 Å². The SMILES string of the molecule is COc1cc(-c2cn(C3CCC4C=C(Cl)C=CC4N(CC(F)(F)F)C3=O)nn2)ccc1-n1cnc(C)c1. The van der Waals surface area contributed by atoms with Crippen molar-refractivity contribution in [2.75, 3.05) is 13.7 Å². The zero-order chi connectivity index (χ0) is 26.3. The molecular formula is C25H24ClF3N6O2. The molecule has 1 aliphatic heterocycles. The number of methoxy groups -OCH3 is 1. The van der Waals surface area contributed by atoms with Gasteiger partial charge in [0.1, 0.15) is 24.0 Å². The van der Waals surface area contributed by atoms with E-state index in [0.717, 1.165) is 16.3 Å². The van der Waals surface area contributed by atoms with Gasteiger partial charge in [-0.3, -0.25) is 4.79 Å². The quantitative estimate of drug-likeness (QED) is 0.469. The van der Waals surface area contributed by atoms with Crippen LogP contribution < -0.4 is 4.74 Å². The lowest BCUT2D eigenvalue weighted by Gasteiger charge is -2.34. The summed E-state index contributed by atoms with van der Waals surface area (Å²) in [5, 5.41) is 8.79. The van der Waals surface area contributed by atoms with Gasteiger partial charge < -0.3 is 14.2 Å². The number of imidazole rings is 1. The lowest BCUT2D eigenvalue weighted by atomic mass is 9.90. The van der Waals surface area contributed by atoms with Crippen LogP contribution in [-0.2, 0) is 4.79 Å². The number of benzene rings is 1. The molecule has 3 aromatic rings. The Morgan fingerprint density at radius 1 is 1.22 bits per heavy atom. The normalized spacial score (nSPS) is 22.0. The molecule has 3 unspecified atom stereocenters. The molecule has 0 spiro atoms. The number of hydrogen-bond acceptors (Lipinski definition) is 5. The summed E-state index contributed by atoms with van der Waals surface area (Å²) in [4.78, 5) is 18.5. The predicted octanol–water partition coefficient (Wildman–Crippen LogP) is 4.85. The fourth-order valence-corrected chi connectivity index (χ4v) is 5.11. The Bertz CT molecular complexity index is 1380. The van der Waals surface area contributed by atoms with Crippen LogP contribution in [0.5, 0.6) is 5.75 Å². The number of likely N-dealkylation sites (tertiary alicyclic amines) is 1. The highest BCUT2D eigenvalue weighted by Gasteiger charge is 2.43. The summed E-state index contributed by atoms with van der Waals surface area (Å²) in [6.07, 6.45) is 6.18. The van der Waals surface area contributed by atoms with E-state index in [0.29, 0.717) is 34.9 Å². The van der Waals surface area contributed by atoms with Gasteiger partial charge in [-0.15, -0.1) is 5.10 Å². The third-order valence-electron chi connectivity index (χ3n) is 6.61. The monoisotopic (exact) mass is 532 g/mol. The topological polar surface area (TPSA) is 78.1 Å². The number of carbonyl (C=O) groups is 1. The molecule has 12 heteroatoms. The molecule has 1 aliphatic carbocycles. The molecule has 2 aliphatic rings. The lowest BCUT2D eigenvalue weighted by molar-refractivity contribution is -0.166. The number of fused-ring (bicyclic) bond motifs is 1. The maximum Gasteiger partial charge on any atom is 0.406 e. The van der Waals surface area contributed by atoms with E-state index >= 15 is 0 Å². The van der Waals surface area contributed by atoms with E-state index < -0.39 is 30.7 Å². The zero-order valence-electron chi connectivity index (χ0n) is 20.1. The molecule has 0 radical (unpaired) electrons. The van der Waals surface area contributed by atoms with Crippen molar-refractivity contribution in [1.82, 2.24) is 29.4 Å². The highest BCUT2D eigenvalue weighted by Crippen LogP contribution is 2.37. The summed E-state index contributed by atoms with van der Waals surface area (Å²) in [5.74, 6) is -0.396. The smallest absolute Gasteiger partial charge is 0.406 e. The number of aryl methyl sites for hydroxylation is 1. The summed E-state index contributed by atoms with van der Waals surface area (Å²) < 4.78 is 49.1. The van der Waals surface area contributed by atoms with Crippen molar-refractivity contribution < 1.29 is 22.7 Å². The van der Waals surface area contributed by atoms with E-state index in [4.69, 9.17) is 16.3 Å². The van der Waals surface area contributed by atoms with E-state index in [1.165, 1.54) is 10.8 Å². The standard InChI is InChI=1S/C25H24ClF3N6O2/c1-15-11-33(14-30-15)21-6-3-16(10-23(21)37-2)19-12-35(32-31-19)22-7-4-17-9-18(26)5-8-20(17)34(24(22)36)13-25(27,28)29/h3,5-6,8-12,14,17,20,22H,4,7,13H2,1-2H3. The van der Waals surface area contributed by atoms with Crippen LogP contribution in [0.15, 0.2) is 60.2 Å². The molecule has 3 heterocycles. The van der Waals surface area contributed by atoms with Crippen LogP contribution in [0.3, 0.4) is 0 Å². The van der Waals surface area contributed by atoms with Gasteiger partial charge in [0.2, 0.25) is 5.91 Å². The minimum Gasteiger partial charge on any atom is -0.495 e. The maximum atomic E-state index is 13.5. The highest BCUT2D eigenvalue weighted by molar-refractivity contribution is 6.31. The third kappa shape index (κ3) is 5.13. The first kappa shape index (κ1) is 25.1. The molecule has 0 N–H and O–H groups in total. The van der Waals surface area contributed by atoms with E-state index in [1.54, 1.807) is 37.9 Å². The summed E-state index contributed by atoms with van der Waals surface area (Å²) in [6, 6.07) is 3.82. The van der Waals surface area contributed by atoms with E-state index in [-0.39, 0.29) is 5.92 Å². The molecule has 3 atom stereocenters. The number of nitrogens with zero attached hydrogens (tertiary/aromatic N) is 6. The minimum absolute atomic E-state index is 0.300. The molecule has 1 saturated heterocycles. The Morgan fingerprint density at radius 2 is 2.03 bits per heavy atom. The van der Waals surface area contributed by atoms with Crippen LogP contribution in [0.25, 0.3) is 16.9 Å². The van der Waals surface area contributed by atoms with Gasteiger partial charge in [-0.25, -0.2) is 9.67 Å². The van der Waals surface area contributed by atoms with Crippen molar-refractivity contribution in [3.05, 3.63) is 65.9 Å². The van der Waals surface area contributed by atoms with Crippen LogP contribution in [-0.4, -0.2) is 61.2 Å². The van der Waals surface area contributed by atoms with Crippen molar-refractivity contribution in [2.45, 2.75) is 38.0 Å². The summed E-state index contributed by atoms with van der Waals surface area (Å²) >= 11 is 6.11. The number of ether oxygens (including phenoxy) is 1. The number of rotatable bonds is 5. The van der Waals surface area contributed by atoms with Gasteiger partial charge in [0, 0.05) is 22.7 Å². The fourth-order valence-electron chi connectivity index (χ4n) is 4.88. The number of aromatic nitrogens is 5. The Kier molecular flexibility index (Phi) is 6.57. The lowest BCUT2D eigenvalue weighted by Crippen LogP contribution is -2.48. The summed E-state index contributed by atoms with van der Waals surface area (Å²) in [5.41, 5.74) is 2.78. The third-order valence-corrected chi connectivity index (χ3v) is 6.86. The number of alkyl halides is 3. The molecule has 1 fully saturated rings. The molecule has 1 aromatic carbocycles. The van der Waals surface area contributed by atoms with Gasteiger partial charge in [-0.1, -0.05) is 35.0 Å². The van der Waals surface area contributed by atoms with Crippen LogP contribution >= 0.6 is 11.6 Å². The molecule has 0 bridgehead atoms. The first-order chi connectivity index (χ1) is 17.6. The molecule has 5 rings (SSSR count). The second kappa shape index (κ2) is 9.70. The molecule has 194 valence electrons. The van der Waals surface area contributed by atoms with Gasteiger partial charge in [0.05, 0.1) is 37.1 Å². The number of halogens is 4. The van der Waals surface area contributed by atoms with Gasteiger partial charge in [0.25, 0.3) is 0 Å². The number of carbonyl (C=O) groups excluding carboxylic acids is 1. The minimum atomic E-state index is -4.55. The maximum absolute atomic E-state index is 13.5. The van der Waals surface area contributed by atoms with Crippen LogP contribution in [0.4, 0.5) is 13.2 Å². The Hall–Kier alpha value is -3.60. The highest BCUT2D eigenvalue weighted by atomic mass is 35.5. The fraction of sp³-hybridized carbons (Fsp3) is 0.360. The van der Waals surface area contributed by atoms with Gasteiger partial charge in [0.15, 0.2) is 0 Å². The average Bonchev–Trinajstić information content (AvgIpc) is 3.49. The van der Waals surface area contributed by atoms with E-state index in [1.807, 2.05) is 29.8 Å². The second-order valence-electron chi connectivity index (χ2n) is 9.13. The van der Waals surface area contributed by atoms with Crippen LogP contribution in [0.2, 0.25) is 0 Å². The first-order valence-electron chi connectivity index (χ1n) is 11.7. The van der Waals surface area contributed by atoms with Crippen molar-refractivity contribution in [2.24, 2.45) is 5.92 Å². The van der Waals surface area contributed by atoms with E-state index in [9.17, 15) is 18.0 Å². The molecular weight excluding hydrogens is 509 g/mol. The number of hydrogen-bond donors (Lipinski definition) is 0. The first-order valence-corrected chi connectivity index (χ1v) is 12.0. The Morgan fingerprint density at radius 3 is 2.73 bits per heavy atom. The van der Waals surface area contributed by atoms with Crippen LogP contribution in [0, 0.1) is 12.8 Å². The van der Waals surface area contributed by atoms with Crippen molar-refractivity contribution in [1.29, 1.82) is 0 Å². The van der Waals surface area contributed by atoms with Gasteiger partial charge >= 0.3 is 6.18 Å². The molecule has 1 amide bonds. The molecule has 8 nitrogen and oxygen atoms in total. The summed E-state index contributed by atoms with van der Waals surface area (Å²) in [7, 11) is 1.55. The number of amides is 1. The predicted molar refractivity (Wildman–Crippen MR) is 130 cm³/mol. The van der Waals surface area contributed by atoms with Crippen molar-refractivity contribution in [3.8, 4) is 22.7 Å². The Balaban J connectivity index is 1.45. The Labute approximate surface area is 216 Å². The largest absolute Gasteiger partial charge is 0.495 e. The van der Waals surface area contributed by atoms with Crippen molar-refractivity contribution >= 4 is 17.5 Å². The second-order valence-corrected chi connectivity index (χ2v) is 9.57. The van der Waals surface area contributed by atoms with Gasteiger partial charge in [-0.2, -0.15) is 13.2 Å². The number of allylic oxidation sites excluding steroid dienone is 2. The molecule has 2 aromatic heterocycles. The average molecular weight is 533 g/mol. The van der Waals surface area contributed by atoms with Crippen LogP contribution in [0.1, 0.15) is 24.6 Å². The van der Waals surface area contributed by atoms with Crippen molar-refractivity contribution in [3.63, 3.8) is 0 Å².